The molecule has 6 rings (SSSR count). The number of sulfonamides is 1. The number of anilines is 2. The van der Waals surface area contributed by atoms with Crippen LogP contribution in [0.2, 0.25) is 0 Å². The Morgan fingerprint density at radius 3 is 2.30 bits per heavy atom. The molecular weight excluding hydrogens is 534 g/mol. The lowest BCUT2D eigenvalue weighted by atomic mass is 9.83. The summed E-state index contributed by atoms with van der Waals surface area (Å²) in [4.78, 5) is 13.8. The van der Waals surface area contributed by atoms with Crippen LogP contribution in [0.25, 0.3) is 11.1 Å². The SMILES string of the molecule is CN1[C@H](C2CCCCC2)CN(c2ccccc2)c2cc(C3CC3)c(-c3cc(F)c(F)c(C(=O)O)c3)cc2S1(=O)=O. The number of aromatic carboxylic acids is 1. The first-order valence-corrected chi connectivity index (χ1v) is 15.3. The Labute approximate surface area is 233 Å². The second-order valence-corrected chi connectivity index (χ2v) is 13.2. The van der Waals surface area contributed by atoms with Gasteiger partial charge in [0.25, 0.3) is 0 Å². The maximum Gasteiger partial charge on any atom is 0.338 e. The fourth-order valence-electron chi connectivity index (χ4n) is 6.44. The molecule has 2 fully saturated rings. The summed E-state index contributed by atoms with van der Waals surface area (Å²) in [6, 6.07) is 15.0. The van der Waals surface area contributed by atoms with Gasteiger partial charge in [-0.1, -0.05) is 37.5 Å². The van der Waals surface area contributed by atoms with Gasteiger partial charge < -0.3 is 10.0 Å². The minimum Gasteiger partial charge on any atom is -0.478 e. The van der Waals surface area contributed by atoms with Crippen LogP contribution >= 0.6 is 0 Å². The van der Waals surface area contributed by atoms with Gasteiger partial charge in [0, 0.05) is 25.3 Å². The predicted octanol–water partition coefficient (Wildman–Crippen LogP) is 6.93. The standard InChI is InChI=1S/C31H32F2N2O4S/c1-34-28(20-8-4-2-5-9-20)18-35(22-10-6-3-7-11-22)27-16-23(19-12-13-19)24(17-29(27)40(34,38)39)21-14-25(31(36)37)30(33)26(32)15-21/h3,6-7,10-11,14-17,19-20,28H,2,4-5,8-9,12-13,18H2,1H3,(H,36,37)/t28-/m0/s1. The average molecular weight is 567 g/mol. The molecule has 1 aliphatic heterocycles. The van der Waals surface area contributed by atoms with E-state index < -0.39 is 33.2 Å². The number of hydrogen-bond donors (Lipinski definition) is 1. The minimum absolute atomic E-state index is 0.0816. The summed E-state index contributed by atoms with van der Waals surface area (Å²) in [6.07, 6.45) is 7.00. The molecule has 3 aromatic rings. The molecule has 6 nitrogen and oxygen atoms in total. The summed E-state index contributed by atoms with van der Waals surface area (Å²) in [5.41, 5.74) is 2.04. The Morgan fingerprint density at radius 1 is 0.950 bits per heavy atom. The van der Waals surface area contributed by atoms with Gasteiger partial charge >= 0.3 is 5.97 Å². The highest BCUT2D eigenvalue weighted by atomic mass is 32.2. The van der Waals surface area contributed by atoms with E-state index in [-0.39, 0.29) is 28.3 Å². The van der Waals surface area contributed by atoms with Crippen molar-refractivity contribution in [2.45, 2.75) is 61.8 Å². The van der Waals surface area contributed by atoms with E-state index in [0.29, 0.717) is 17.8 Å². The van der Waals surface area contributed by atoms with Crippen molar-refractivity contribution in [1.82, 2.24) is 4.31 Å². The molecule has 0 bridgehead atoms. The first-order valence-electron chi connectivity index (χ1n) is 13.9. The van der Waals surface area contributed by atoms with Gasteiger partial charge in [0.2, 0.25) is 10.0 Å². The van der Waals surface area contributed by atoms with Crippen molar-refractivity contribution in [2.24, 2.45) is 5.92 Å². The lowest BCUT2D eigenvalue weighted by Crippen LogP contribution is -2.46. The van der Waals surface area contributed by atoms with Crippen molar-refractivity contribution >= 4 is 27.4 Å². The highest BCUT2D eigenvalue weighted by Crippen LogP contribution is 2.50. The van der Waals surface area contributed by atoms with Crippen molar-refractivity contribution in [3.05, 3.63) is 77.4 Å². The number of para-hydroxylation sites is 1. The number of carboxylic acids is 1. The fourth-order valence-corrected chi connectivity index (χ4v) is 8.04. The number of fused-ring (bicyclic) bond motifs is 1. The summed E-state index contributed by atoms with van der Waals surface area (Å²) >= 11 is 0. The molecule has 1 atom stereocenters. The molecule has 9 heteroatoms. The van der Waals surface area contributed by atoms with Gasteiger partial charge in [-0.05, 0) is 90.6 Å². The van der Waals surface area contributed by atoms with Gasteiger partial charge in [-0.25, -0.2) is 22.0 Å². The van der Waals surface area contributed by atoms with Gasteiger partial charge in [0.1, 0.15) is 4.90 Å². The number of carboxylic acid groups (broad SMARTS) is 1. The van der Waals surface area contributed by atoms with Gasteiger partial charge in [0.15, 0.2) is 11.6 Å². The van der Waals surface area contributed by atoms with Crippen molar-refractivity contribution in [3.63, 3.8) is 0 Å². The van der Waals surface area contributed by atoms with Crippen LogP contribution in [0, 0.1) is 17.6 Å². The van der Waals surface area contributed by atoms with E-state index >= 15 is 0 Å². The third-order valence-corrected chi connectivity index (χ3v) is 10.7. The van der Waals surface area contributed by atoms with Gasteiger partial charge in [0.05, 0.1) is 11.3 Å². The second-order valence-electron chi connectivity index (χ2n) is 11.2. The van der Waals surface area contributed by atoms with E-state index in [0.717, 1.165) is 68.3 Å². The number of hydrogen-bond acceptors (Lipinski definition) is 4. The molecule has 2 saturated carbocycles. The zero-order valence-corrected chi connectivity index (χ0v) is 23.1. The number of carbonyl (C=O) groups is 1. The molecule has 0 saturated heterocycles. The molecule has 1 heterocycles. The molecule has 0 unspecified atom stereocenters. The lowest BCUT2D eigenvalue weighted by Gasteiger charge is -2.36. The van der Waals surface area contributed by atoms with Crippen molar-refractivity contribution < 1.29 is 27.1 Å². The zero-order valence-electron chi connectivity index (χ0n) is 22.3. The van der Waals surface area contributed by atoms with Gasteiger partial charge in [-0.15, -0.1) is 0 Å². The highest BCUT2D eigenvalue weighted by Gasteiger charge is 2.42. The summed E-state index contributed by atoms with van der Waals surface area (Å²) in [5.74, 6) is -3.96. The summed E-state index contributed by atoms with van der Waals surface area (Å²) in [5, 5.41) is 9.50. The Balaban J connectivity index is 1.59. The molecule has 40 heavy (non-hydrogen) atoms. The Kier molecular flexibility index (Phi) is 6.91. The molecule has 210 valence electrons. The minimum atomic E-state index is -3.99. The van der Waals surface area contributed by atoms with Crippen LogP contribution in [0.3, 0.4) is 0 Å². The zero-order chi connectivity index (χ0) is 28.2. The number of nitrogens with zero attached hydrogens (tertiary/aromatic N) is 2. The van der Waals surface area contributed by atoms with E-state index in [2.05, 4.69) is 4.90 Å². The van der Waals surface area contributed by atoms with Crippen molar-refractivity contribution in [3.8, 4) is 11.1 Å². The van der Waals surface area contributed by atoms with Crippen LogP contribution in [0.1, 0.15) is 66.8 Å². The van der Waals surface area contributed by atoms with Crippen molar-refractivity contribution in [2.75, 3.05) is 18.5 Å². The summed E-state index contributed by atoms with van der Waals surface area (Å²) in [6.45, 7) is 0.495. The predicted molar refractivity (Wildman–Crippen MR) is 149 cm³/mol. The monoisotopic (exact) mass is 566 g/mol. The number of benzene rings is 3. The number of likely N-dealkylation sites (N-methyl/N-ethyl adjacent to an activating group) is 1. The molecule has 3 aromatic carbocycles. The Bertz CT molecular complexity index is 1570. The smallest absolute Gasteiger partial charge is 0.338 e. The van der Waals surface area contributed by atoms with Crippen molar-refractivity contribution in [1.29, 1.82) is 0 Å². The first kappa shape index (κ1) is 26.9. The van der Waals surface area contributed by atoms with Gasteiger partial charge in [-0.3, -0.25) is 0 Å². The normalized spacial score (nSPS) is 21.6. The van der Waals surface area contributed by atoms with E-state index in [1.807, 2.05) is 36.4 Å². The number of halogens is 2. The molecule has 2 aliphatic carbocycles. The molecule has 0 radical (unpaired) electrons. The highest BCUT2D eigenvalue weighted by molar-refractivity contribution is 7.89. The molecule has 1 N–H and O–H groups in total. The van der Waals surface area contributed by atoms with Crippen LogP contribution in [-0.2, 0) is 10.0 Å². The molecule has 0 spiro atoms. The van der Waals surface area contributed by atoms with Crippen LogP contribution < -0.4 is 4.90 Å². The molecule has 0 amide bonds. The summed E-state index contributed by atoms with van der Waals surface area (Å²) in [7, 11) is -2.35. The Hall–Kier alpha value is -3.30. The van der Waals surface area contributed by atoms with E-state index in [1.54, 1.807) is 13.1 Å². The largest absolute Gasteiger partial charge is 0.478 e. The average Bonchev–Trinajstić information content (AvgIpc) is 3.81. The summed E-state index contributed by atoms with van der Waals surface area (Å²) < 4.78 is 59.0. The second kappa shape index (κ2) is 10.3. The topological polar surface area (TPSA) is 77.9 Å². The number of rotatable bonds is 5. The van der Waals surface area contributed by atoms with Crippen LogP contribution in [0.5, 0.6) is 0 Å². The third-order valence-electron chi connectivity index (χ3n) is 8.76. The van der Waals surface area contributed by atoms with E-state index in [1.165, 1.54) is 4.31 Å². The third kappa shape index (κ3) is 4.69. The quantitative estimate of drug-likeness (QED) is 0.362. The Morgan fingerprint density at radius 2 is 1.65 bits per heavy atom. The fraction of sp³-hybridized carbons (Fsp3) is 0.387. The van der Waals surface area contributed by atoms with E-state index in [4.69, 9.17) is 0 Å². The maximum atomic E-state index is 14.6. The van der Waals surface area contributed by atoms with Gasteiger partial charge in [-0.2, -0.15) is 4.31 Å². The first-order chi connectivity index (χ1) is 19.2. The molecule has 3 aliphatic rings. The van der Waals surface area contributed by atoms with Crippen LogP contribution in [-0.4, -0.2) is 43.4 Å². The molecular formula is C31H32F2N2O4S. The van der Waals surface area contributed by atoms with Crippen LogP contribution in [0.15, 0.2) is 59.5 Å². The van der Waals surface area contributed by atoms with E-state index in [9.17, 15) is 27.1 Å². The molecule has 0 aromatic heterocycles. The lowest BCUT2D eigenvalue weighted by molar-refractivity contribution is 0.0690. The van der Waals surface area contributed by atoms with Crippen LogP contribution in [0.4, 0.5) is 20.2 Å². The maximum absolute atomic E-state index is 14.6.